The van der Waals surface area contributed by atoms with Crippen molar-refractivity contribution in [3.05, 3.63) is 46.6 Å². The average Bonchev–Trinajstić information content (AvgIpc) is 2.63. The van der Waals surface area contributed by atoms with Gasteiger partial charge in [0.15, 0.2) is 0 Å². The molecule has 0 saturated heterocycles. The van der Waals surface area contributed by atoms with Crippen molar-refractivity contribution >= 4 is 27.5 Å². The fraction of sp³-hybridized carbons (Fsp3) is 0.368. The molecule has 0 aliphatic carbocycles. The maximum Gasteiger partial charge on any atom is 0.264 e. The van der Waals surface area contributed by atoms with Crippen LogP contribution in [-0.2, 0) is 16.6 Å². The molecule has 1 heterocycles. The van der Waals surface area contributed by atoms with Gasteiger partial charge in [0.1, 0.15) is 23.1 Å². The molecule has 1 N–H and O–H groups in total. The summed E-state index contributed by atoms with van der Waals surface area (Å²) >= 11 is 6.18. The zero-order valence-corrected chi connectivity index (χ0v) is 18.1. The summed E-state index contributed by atoms with van der Waals surface area (Å²) in [6.07, 6.45) is 2.41. The van der Waals surface area contributed by atoms with Gasteiger partial charge in [-0.25, -0.2) is 18.1 Å². The average molecular weight is 443 g/mol. The molecule has 0 aliphatic heterocycles. The Balaban J connectivity index is 2.08. The van der Waals surface area contributed by atoms with Crippen molar-refractivity contribution in [2.75, 3.05) is 20.0 Å². The summed E-state index contributed by atoms with van der Waals surface area (Å²) in [6, 6.07) is 6.14. The number of rotatable bonds is 9. The van der Waals surface area contributed by atoms with Crippen molar-refractivity contribution in [3.63, 3.8) is 0 Å². The number of nitrogens with zero attached hydrogens (tertiary/aromatic N) is 1. The Morgan fingerprint density at radius 3 is 2.55 bits per heavy atom. The van der Waals surface area contributed by atoms with Gasteiger partial charge in [0.2, 0.25) is 15.9 Å². The molecule has 0 fully saturated rings. The summed E-state index contributed by atoms with van der Waals surface area (Å²) in [5, 5.41) is 0.336. The highest BCUT2D eigenvalue weighted by molar-refractivity contribution is 7.89. The van der Waals surface area contributed by atoms with Crippen LogP contribution in [0, 0.1) is 5.92 Å². The second-order valence-electron chi connectivity index (χ2n) is 6.68. The number of methoxy groups -OCH3 is 1. The third-order valence-electron chi connectivity index (χ3n) is 3.56. The summed E-state index contributed by atoms with van der Waals surface area (Å²) < 4.78 is 40.8. The van der Waals surface area contributed by atoms with Crippen LogP contribution in [-0.4, -0.2) is 39.3 Å². The van der Waals surface area contributed by atoms with Gasteiger partial charge >= 0.3 is 0 Å². The van der Waals surface area contributed by atoms with E-state index in [1.165, 1.54) is 25.4 Å². The molecule has 8 nitrogen and oxygen atoms in total. The lowest BCUT2D eigenvalue weighted by Gasteiger charge is -2.13. The van der Waals surface area contributed by atoms with Crippen LogP contribution in [0.15, 0.2) is 30.5 Å². The van der Waals surface area contributed by atoms with Gasteiger partial charge in [-0.3, -0.25) is 4.79 Å². The number of aromatic nitrogens is 1. The summed E-state index contributed by atoms with van der Waals surface area (Å²) in [4.78, 5) is 16.1. The first-order valence-corrected chi connectivity index (χ1v) is 11.0. The number of halogens is 1. The number of carbonyl (C=O) groups is 1. The van der Waals surface area contributed by atoms with E-state index in [4.69, 9.17) is 25.8 Å². The minimum atomic E-state index is -3.66. The molecule has 0 unspecified atom stereocenters. The fourth-order valence-electron chi connectivity index (χ4n) is 2.23. The Bertz CT molecular complexity index is 979. The molecule has 1 aromatic heterocycles. The minimum absolute atomic E-state index is 0.126. The lowest BCUT2D eigenvalue weighted by atomic mass is 10.1. The van der Waals surface area contributed by atoms with Gasteiger partial charge in [0.25, 0.3) is 5.91 Å². The van der Waals surface area contributed by atoms with Crippen LogP contribution < -0.4 is 18.9 Å². The number of sulfonamides is 1. The van der Waals surface area contributed by atoms with Crippen LogP contribution in [0.2, 0.25) is 5.02 Å². The van der Waals surface area contributed by atoms with Gasteiger partial charge in [-0.15, -0.1) is 0 Å². The van der Waals surface area contributed by atoms with Crippen LogP contribution in [0.1, 0.15) is 29.8 Å². The first-order valence-electron chi connectivity index (χ1n) is 8.69. The largest absolute Gasteiger partial charge is 0.496 e. The molecule has 29 heavy (non-hydrogen) atoms. The van der Waals surface area contributed by atoms with E-state index in [0.717, 1.165) is 6.26 Å². The van der Waals surface area contributed by atoms with E-state index in [0.29, 0.717) is 40.5 Å². The molecule has 0 radical (unpaired) electrons. The molecule has 2 rings (SSSR count). The van der Waals surface area contributed by atoms with Crippen molar-refractivity contribution in [3.8, 4) is 17.4 Å². The number of ether oxygens (including phenoxy) is 3. The van der Waals surface area contributed by atoms with E-state index in [1.807, 2.05) is 18.6 Å². The van der Waals surface area contributed by atoms with Crippen molar-refractivity contribution in [2.24, 2.45) is 5.92 Å². The third kappa shape index (κ3) is 7.10. The zero-order chi connectivity index (χ0) is 21.6. The Labute approximate surface area is 175 Å². The predicted molar refractivity (Wildman–Crippen MR) is 109 cm³/mol. The number of carbonyl (C=O) groups excluding carboxylic acids is 1. The van der Waals surface area contributed by atoms with Crippen molar-refractivity contribution < 1.29 is 27.4 Å². The van der Waals surface area contributed by atoms with Gasteiger partial charge in [-0.1, -0.05) is 31.5 Å². The molecule has 0 aliphatic rings. The highest BCUT2D eigenvalue weighted by Crippen LogP contribution is 2.28. The molecule has 0 atom stereocenters. The zero-order valence-electron chi connectivity index (χ0n) is 16.6. The molecule has 2 aromatic rings. The van der Waals surface area contributed by atoms with E-state index < -0.39 is 15.9 Å². The molecule has 1 amide bonds. The van der Waals surface area contributed by atoms with E-state index in [-0.39, 0.29) is 12.2 Å². The van der Waals surface area contributed by atoms with Gasteiger partial charge in [0, 0.05) is 17.2 Å². The fourth-order valence-corrected chi connectivity index (χ4v) is 2.90. The van der Waals surface area contributed by atoms with Crippen LogP contribution in [0.25, 0.3) is 0 Å². The summed E-state index contributed by atoms with van der Waals surface area (Å²) in [5.74, 6) is 0.756. The van der Waals surface area contributed by atoms with E-state index >= 15 is 0 Å². The van der Waals surface area contributed by atoms with Crippen molar-refractivity contribution in [1.82, 2.24) is 9.71 Å². The van der Waals surface area contributed by atoms with Crippen LogP contribution >= 0.6 is 11.6 Å². The maximum atomic E-state index is 12.0. The number of nitrogens with one attached hydrogen (secondary N) is 1. The highest BCUT2D eigenvalue weighted by Gasteiger charge is 2.14. The van der Waals surface area contributed by atoms with Crippen LogP contribution in [0.4, 0.5) is 0 Å². The van der Waals surface area contributed by atoms with E-state index in [2.05, 4.69) is 4.98 Å². The third-order valence-corrected chi connectivity index (χ3v) is 4.38. The summed E-state index contributed by atoms with van der Waals surface area (Å²) in [5.41, 5.74) is 0.798. The Kier molecular flexibility index (Phi) is 7.69. The quantitative estimate of drug-likeness (QED) is 0.636. The lowest BCUT2D eigenvalue weighted by Crippen LogP contribution is -2.29. The number of benzene rings is 1. The number of hydrogen-bond acceptors (Lipinski definition) is 7. The smallest absolute Gasteiger partial charge is 0.264 e. The van der Waals surface area contributed by atoms with Gasteiger partial charge in [-0.05, 0) is 18.1 Å². The van der Waals surface area contributed by atoms with Crippen molar-refractivity contribution in [1.29, 1.82) is 0 Å². The van der Waals surface area contributed by atoms with Crippen LogP contribution in [0.3, 0.4) is 0 Å². The SMILES string of the molecule is COc1cc(C(=O)NS(C)(=O)=O)ccc1COc1cnc(OCC(C)C)c(Cl)c1. The molecule has 1 aromatic carbocycles. The van der Waals surface area contributed by atoms with Crippen LogP contribution in [0.5, 0.6) is 17.4 Å². The second-order valence-corrected chi connectivity index (χ2v) is 8.84. The topological polar surface area (TPSA) is 104 Å². The lowest BCUT2D eigenvalue weighted by molar-refractivity contribution is 0.0981. The monoisotopic (exact) mass is 442 g/mol. The number of hydrogen-bond donors (Lipinski definition) is 1. The predicted octanol–water partition coefficient (Wildman–Crippen LogP) is 3.05. The molecule has 10 heteroatoms. The normalized spacial score (nSPS) is 11.2. The van der Waals surface area contributed by atoms with E-state index in [1.54, 1.807) is 12.1 Å². The standard InChI is InChI=1S/C19H23ClN2O6S/c1-12(2)10-28-19-16(20)8-15(9-21-19)27-11-14-6-5-13(7-17(14)26-3)18(23)22-29(4,24)25/h5-9,12H,10-11H2,1-4H3,(H,22,23). The Hall–Kier alpha value is -2.52. The Morgan fingerprint density at radius 1 is 1.24 bits per heavy atom. The van der Waals surface area contributed by atoms with Gasteiger partial charge in [0.05, 0.1) is 26.2 Å². The minimum Gasteiger partial charge on any atom is -0.496 e. The molecule has 0 saturated carbocycles. The number of pyridine rings is 1. The number of amides is 1. The molecule has 158 valence electrons. The molecular formula is C19H23ClN2O6S. The maximum absolute atomic E-state index is 12.0. The summed E-state index contributed by atoms with van der Waals surface area (Å²) in [6.45, 7) is 4.68. The molecule has 0 spiro atoms. The van der Waals surface area contributed by atoms with E-state index in [9.17, 15) is 13.2 Å². The Morgan fingerprint density at radius 2 is 1.97 bits per heavy atom. The van der Waals surface area contributed by atoms with Gasteiger partial charge in [-0.2, -0.15) is 0 Å². The summed E-state index contributed by atoms with van der Waals surface area (Å²) in [7, 11) is -2.22. The van der Waals surface area contributed by atoms with Crippen molar-refractivity contribution in [2.45, 2.75) is 20.5 Å². The molecular weight excluding hydrogens is 420 g/mol. The second kappa shape index (κ2) is 9.80. The molecule has 0 bridgehead atoms. The first-order chi connectivity index (χ1) is 13.6. The highest BCUT2D eigenvalue weighted by atomic mass is 35.5. The van der Waals surface area contributed by atoms with Gasteiger partial charge < -0.3 is 14.2 Å². The first kappa shape index (κ1) is 22.8.